The van der Waals surface area contributed by atoms with Gasteiger partial charge in [0.1, 0.15) is 0 Å². The summed E-state index contributed by atoms with van der Waals surface area (Å²) < 4.78 is 1.70. The molecule has 0 aliphatic carbocycles. The molecular formula is C16H14Br2N2O4. The molecule has 0 spiro atoms. The van der Waals surface area contributed by atoms with Gasteiger partial charge in [0.05, 0.1) is 11.8 Å². The minimum absolute atomic E-state index is 0.365. The van der Waals surface area contributed by atoms with Gasteiger partial charge in [-0.2, -0.15) is 0 Å². The molecule has 0 saturated heterocycles. The summed E-state index contributed by atoms with van der Waals surface area (Å²) in [6.07, 6.45) is 0. The first-order valence-corrected chi connectivity index (χ1v) is 8.70. The smallest absolute Gasteiger partial charge is 0.211 e. The average molecular weight is 458 g/mol. The molecular weight excluding hydrogens is 444 g/mol. The second-order valence-corrected chi connectivity index (χ2v) is 7.18. The third kappa shape index (κ3) is 5.10. The lowest BCUT2D eigenvalue weighted by Crippen LogP contribution is -2.25. The van der Waals surface area contributed by atoms with Crippen molar-refractivity contribution in [3.8, 4) is 0 Å². The van der Waals surface area contributed by atoms with Crippen LogP contribution in [0.4, 0.5) is 0 Å². The van der Waals surface area contributed by atoms with E-state index in [1.54, 1.807) is 48.5 Å². The fraction of sp³-hybridized carbons (Fsp3) is 0.250. The molecule has 2 aromatic carbocycles. The summed E-state index contributed by atoms with van der Waals surface area (Å²) in [6, 6.07) is 14.2. The fourth-order valence-electron chi connectivity index (χ4n) is 2.67. The van der Waals surface area contributed by atoms with E-state index >= 15 is 0 Å². The van der Waals surface area contributed by atoms with E-state index in [4.69, 9.17) is 0 Å². The van der Waals surface area contributed by atoms with E-state index in [2.05, 4.69) is 31.9 Å². The van der Waals surface area contributed by atoms with Crippen molar-refractivity contribution < 1.29 is 9.85 Å². The molecule has 0 aliphatic heterocycles. The summed E-state index contributed by atoms with van der Waals surface area (Å²) >= 11 is 6.66. The maximum atomic E-state index is 11.1. The van der Waals surface area contributed by atoms with E-state index in [9.17, 15) is 20.2 Å². The molecule has 24 heavy (non-hydrogen) atoms. The van der Waals surface area contributed by atoms with Crippen LogP contribution in [0.3, 0.4) is 0 Å². The average Bonchev–Trinajstić information content (AvgIpc) is 2.52. The SMILES string of the molecule is O=[N+]([O-])C[C@H](c1ccc(Br)cc1)[C@H](C[N+](=O)[O-])c1ccc(Br)cc1. The number of hydrogen-bond acceptors (Lipinski definition) is 4. The van der Waals surface area contributed by atoms with Crippen molar-refractivity contribution in [3.63, 3.8) is 0 Å². The third-order valence-electron chi connectivity index (χ3n) is 3.77. The molecule has 126 valence electrons. The Bertz CT molecular complexity index is 656. The summed E-state index contributed by atoms with van der Waals surface area (Å²) in [7, 11) is 0. The maximum absolute atomic E-state index is 11.1. The van der Waals surface area contributed by atoms with Crippen LogP contribution in [0.2, 0.25) is 0 Å². The molecule has 2 rings (SSSR count). The van der Waals surface area contributed by atoms with Crippen LogP contribution in [0.15, 0.2) is 57.5 Å². The van der Waals surface area contributed by atoms with Gasteiger partial charge in [0.2, 0.25) is 13.1 Å². The van der Waals surface area contributed by atoms with Crippen molar-refractivity contribution in [2.75, 3.05) is 13.1 Å². The second kappa shape index (κ2) is 8.34. The Morgan fingerprint density at radius 1 is 0.708 bits per heavy atom. The van der Waals surface area contributed by atoms with E-state index < -0.39 is 21.7 Å². The molecule has 0 heterocycles. The Morgan fingerprint density at radius 3 is 1.25 bits per heavy atom. The van der Waals surface area contributed by atoms with Gasteiger partial charge < -0.3 is 0 Å². The molecule has 0 saturated carbocycles. The van der Waals surface area contributed by atoms with Crippen molar-refractivity contribution in [3.05, 3.63) is 88.8 Å². The first kappa shape index (κ1) is 18.5. The minimum Gasteiger partial charge on any atom is -0.265 e. The van der Waals surface area contributed by atoms with E-state index in [1.165, 1.54) is 0 Å². The maximum Gasteiger partial charge on any atom is 0.211 e. The molecule has 2 aromatic rings. The van der Waals surface area contributed by atoms with Crippen LogP contribution < -0.4 is 0 Å². The highest BCUT2D eigenvalue weighted by Gasteiger charge is 2.33. The van der Waals surface area contributed by atoms with Gasteiger partial charge in [-0.3, -0.25) is 20.2 Å². The highest BCUT2D eigenvalue weighted by atomic mass is 79.9. The predicted octanol–water partition coefficient (Wildman–Crippen LogP) is 4.63. The highest BCUT2D eigenvalue weighted by Crippen LogP contribution is 2.34. The van der Waals surface area contributed by atoms with E-state index in [0.29, 0.717) is 11.1 Å². The lowest BCUT2D eigenvalue weighted by atomic mass is 9.81. The molecule has 0 N–H and O–H groups in total. The van der Waals surface area contributed by atoms with Gasteiger partial charge in [-0.25, -0.2) is 0 Å². The minimum atomic E-state index is -0.584. The number of halogens is 2. The molecule has 2 atom stereocenters. The van der Waals surface area contributed by atoms with E-state index in [-0.39, 0.29) is 13.1 Å². The standard InChI is InChI=1S/C16H14Br2N2O4/c17-13-5-1-11(2-6-13)15(9-19(21)22)16(10-20(23)24)12-3-7-14(18)8-4-12/h1-8,15-16H,9-10H2/t15-,16-/m1/s1. The molecule has 0 radical (unpaired) electrons. The van der Waals surface area contributed by atoms with Crippen LogP contribution in [0.5, 0.6) is 0 Å². The zero-order valence-corrected chi connectivity index (χ0v) is 15.6. The summed E-state index contributed by atoms with van der Waals surface area (Å²) in [5.74, 6) is -1.17. The summed E-state index contributed by atoms with van der Waals surface area (Å²) in [5, 5.41) is 22.3. The molecule has 0 bridgehead atoms. The Hall–Kier alpha value is -1.80. The monoisotopic (exact) mass is 456 g/mol. The van der Waals surface area contributed by atoms with Crippen molar-refractivity contribution in [2.45, 2.75) is 11.8 Å². The van der Waals surface area contributed by atoms with Crippen molar-refractivity contribution in [1.29, 1.82) is 0 Å². The molecule has 0 amide bonds. The number of hydrogen-bond donors (Lipinski definition) is 0. The number of benzene rings is 2. The van der Waals surface area contributed by atoms with Gasteiger partial charge in [-0.1, -0.05) is 56.1 Å². The summed E-state index contributed by atoms with van der Waals surface area (Å²) in [4.78, 5) is 21.5. The Morgan fingerprint density at radius 2 is 1.00 bits per heavy atom. The van der Waals surface area contributed by atoms with Crippen molar-refractivity contribution >= 4 is 31.9 Å². The Kier molecular flexibility index (Phi) is 6.44. The predicted molar refractivity (Wildman–Crippen MR) is 97.5 cm³/mol. The topological polar surface area (TPSA) is 86.3 Å². The number of rotatable bonds is 7. The molecule has 8 heteroatoms. The fourth-order valence-corrected chi connectivity index (χ4v) is 3.20. The van der Waals surface area contributed by atoms with Gasteiger partial charge in [-0.15, -0.1) is 0 Å². The van der Waals surface area contributed by atoms with E-state index in [1.807, 2.05) is 0 Å². The Labute approximate surface area is 155 Å². The van der Waals surface area contributed by atoms with E-state index in [0.717, 1.165) is 8.95 Å². The second-order valence-electron chi connectivity index (χ2n) is 5.35. The first-order valence-electron chi connectivity index (χ1n) is 7.11. The van der Waals surface area contributed by atoms with Crippen LogP contribution in [-0.4, -0.2) is 22.9 Å². The summed E-state index contributed by atoms with van der Waals surface area (Å²) in [5.41, 5.74) is 1.43. The molecule has 0 unspecified atom stereocenters. The van der Waals surface area contributed by atoms with Gasteiger partial charge in [0, 0.05) is 18.8 Å². The van der Waals surface area contributed by atoms with Crippen LogP contribution in [0.1, 0.15) is 23.0 Å². The zero-order chi connectivity index (χ0) is 17.7. The molecule has 0 aliphatic rings. The van der Waals surface area contributed by atoms with Crippen molar-refractivity contribution in [2.24, 2.45) is 0 Å². The normalized spacial score (nSPS) is 13.2. The van der Waals surface area contributed by atoms with Gasteiger partial charge in [0.25, 0.3) is 0 Å². The first-order chi connectivity index (χ1) is 11.4. The third-order valence-corrected chi connectivity index (χ3v) is 4.83. The largest absolute Gasteiger partial charge is 0.265 e. The van der Waals surface area contributed by atoms with Crippen LogP contribution >= 0.6 is 31.9 Å². The van der Waals surface area contributed by atoms with Gasteiger partial charge in [-0.05, 0) is 35.4 Å². The zero-order valence-electron chi connectivity index (χ0n) is 12.5. The molecule has 0 fully saturated rings. The van der Waals surface area contributed by atoms with Gasteiger partial charge >= 0.3 is 0 Å². The van der Waals surface area contributed by atoms with Gasteiger partial charge in [0.15, 0.2) is 0 Å². The molecule has 6 nitrogen and oxygen atoms in total. The number of nitro groups is 2. The highest BCUT2D eigenvalue weighted by molar-refractivity contribution is 9.10. The quantitative estimate of drug-likeness (QED) is 0.447. The van der Waals surface area contributed by atoms with Crippen molar-refractivity contribution in [1.82, 2.24) is 0 Å². The Balaban J connectivity index is 2.46. The summed E-state index contributed by atoms with van der Waals surface area (Å²) in [6.45, 7) is -0.730. The van der Waals surface area contributed by atoms with Crippen LogP contribution in [-0.2, 0) is 0 Å². The lowest BCUT2D eigenvalue weighted by molar-refractivity contribution is -0.498. The lowest BCUT2D eigenvalue weighted by Gasteiger charge is -2.22. The van der Waals surface area contributed by atoms with Crippen LogP contribution in [0, 0.1) is 20.2 Å². The van der Waals surface area contributed by atoms with Crippen LogP contribution in [0.25, 0.3) is 0 Å². The molecule has 0 aromatic heterocycles. The number of nitrogens with zero attached hydrogens (tertiary/aromatic N) is 2.